The summed E-state index contributed by atoms with van der Waals surface area (Å²) in [6.07, 6.45) is 5.18. The monoisotopic (exact) mass is 324 g/mol. The third kappa shape index (κ3) is 4.83. The first-order valence-electron chi connectivity index (χ1n) is 9.08. The highest BCUT2D eigenvalue weighted by atomic mass is 16.5. The lowest BCUT2D eigenvalue weighted by Crippen LogP contribution is -2.31. The Morgan fingerprint density at radius 2 is 1.54 bits per heavy atom. The van der Waals surface area contributed by atoms with E-state index in [1.807, 2.05) is 30.3 Å². The van der Waals surface area contributed by atoms with Gasteiger partial charge in [-0.3, -0.25) is 0 Å². The lowest BCUT2D eigenvalue weighted by molar-refractivity contribution is 0.205. The Bertz CT molecular complexity index is 591. The highest BCUT2D eigenvalue weighted by Gasteiger charge is 2.10. The number of nitrogens with two attached hydrogens (primary N) is 1. The summed E-state index contributed by atoms with van der Waals surface area (Å²) in [6, 6.07) is 18.3. The van der Waals surface area contributed by atoms with E-state index in [1.54, 1.807) is 0 Å². The van der Waals surface area contributed by atoms with Crippen LogP contribution in [0.15, 0.2) is 54.6 Å². The molecule has 1 atom stereocenters. The van der Waals surface area contributed by atoms with Gasteiger partial charge in [0.1, 0.15) is 5.75 Å². The molecular weight excluding hydrogens is 296 g/mol. The van der Waals surface area contributed by atoms with Crippen LogP contribution in [0.5, 0.6) is 5.75 Å². The molecule has 1 heterocycles. The van der Waals surface area contributed by atoms with Crippen LogP contribution in [0.25, 0.3) is 0 Å². The fraction of sp³-hybridized carbons (Fsp3) is 0.429. The molecule has 0 amide bonds. The van der Waals surface area contributed by atoms with E-state index < -0.39 is 0 Å². The van der Waals surface area contributed by atoms with Gasteiger partial charge in [0.25, 0.3) is 0 Å². The predicted octanol–water partition coefficient (Wildman–Crippen LogP) is 3.99. The minimum absolute atomic E-state index is 0.0839. The normalized spacial score (nSPS) is 16.7. The molecule has 1 fully saturated rings. The number of hydrogen-bond acceptors (Lipinski definition) is 3. The molecule has 2 aromatic carbocycles. The van der Waals surface area contributed by atoms with E-state index in [2.05, 4.69) is 29.2 Å². The Morgan fingerprint density at radius 1 is 0.875 bits per heavy atom. The molecular formula is C21H28N2O. The van der Waals surface area contributed by atoms with Crippen molar-refractivity contribution >= 4 is 0 Å². The summed E-state index contributed by atoms with van der Waals surface area (Å²) in [7, 11) is 0. The highest BCUT2D eigenvalue weighted by molar-refractivity contribution is 5.35. The van der Waals surface area contributed by atoms with Crippen molar-refractivity contribution in [2.75, 3.05) is 26.2 Å². The van der Waals surface area contributed by atoms with Crippen LogP contribution in [0.3, 0.4) is 0 Å². The summed E-state index contributed by atoms with van der Waals surface area (Å²) in [5.41, 5.74) is 8.57. The first-order chi connectivity index (χ1) is 11.8. The minimum Gasteiger partial charge on any atom is -0.494 e. The van der Waals surface area contributed by atoms with Crippen LogP contribution in [0.2, 0.25) is 0 Å². The van der Waals surface area contributed by atoms with Gasteiger partial charge < -0.3 is 15.4 Å². The number of benzene rings is 2. The zero-order valence-electron chi connectivity index (χ0n) is 14.4. The van der Waals surface area contributed by atoms with E-state index in [9.17, 15) is 0 Å². The van der Waals surface area contributed by atoms with Gasteiger partial charge in [0.15, 0.2) is 0 Å². The molecule has 0 aliphatic carbocycles. The topological polar surface area (TPSA) is 38.5 Å². The Kier molecular flexibility index (Phi) is 6.27. The number of ether oxygens (including phenoxy) is 1. The molecule has 3 heteroatoms. The van der Waals surface area contributed by atoms with E-state index in [0.717, 1.165) is 36.4 Å². The van der Waals surface area contributed by atoms with Crippen LogP contribution in [0, 0.1) is 0 Å². The molecule has 2 aromatic rings. The Balaban J connectivity index is 1.44. The first kappa shape index (κ1) is 17.0. The fourth-order valence-electron chi connectivity index (χ4n) is 3.29. The van der Waals surface area contributed by atoms with Crippen molar-refractivity contribution in [3.8, 4) is 5.75 Å². The van der Waals surface area contributed by atoms with Gasteiger partial charge in [0, 0.05) is 6.54 Å². The second-order valence-electron chi connectivity index (χ2n) is 6.56. The van der Waals surface area contributed by atoms with Crippen LogP contribution >= 0.6 is 0 Å². The zero-order valence-corrected chi connectivity index (χ0v) is 14.4. The van der Waals surface area contributed by atoms with Crippen molar-refractivity contribution < 1.29 is 4.74 Å². The molecule has 24 heavy (non-hydrogen) atoms. The second-order valence-corrected chi connectivity index (χ2v) is 6.56. The third-order valence-corrected chi connectivity index (χ3v) is 4.73. The average molecular weight is 324 g/mol. The van der Waals surface area contributed by atoms with E-state index in [0.29, 0.717) is 0 Å². The molecule has 2 N–H and O–H groups in total. The average Bonchev–Trinajstić information content (AvgIpc) is 2.67. The third-order valence-electron chi connectivity index (χ3n) is 4.73. The summed E-state index contributed by atoms with van der Waals surface area (Å²) in [5, 5.41) is 0. The number of hydrogen-bond donors (Lipinski definition) is 1. The lowest BCUT2D eigenvalue weighted by atomic mass is 10.00. The summed E-state index contributed by atoms with van der Waals surface area (Å²) in [5.74, 6) is 0.928. The van der Waals surface area contributed by atoms with Gasteiger partial charge in [-0.2, -0.15) is 0 Å². The van der Waals surface area contributed by atoms with E-state index in [4.69, 9.17) is 10.5 Å². The SMILES string of the molecule is NC(c1ccccc1)c1ccc(OCCCN2CCCCC2)cc1. The maximum atomic E-state index is 6.32. The van der Waals surface area contributed by atoms with Gasteiger partial charge in [-0.1, -0.05) is 48.9 Å². The molecule has 0 radical (unpaired) electrons. The summed E-state index contributed by atoms with van der Waals surface area (Å²) in [4.78, 5) is 2.55. The summed E-state index contributed by atoms with van der Waals surface area (Å²) < 4.78 is 5.87. The van der Waals surface area contributed by atoms with Gasteiger partial charge in [-0.15, -0.1) is 0 Å². The van der Waals surface area contributed by atoms with Crippen molar-refractivity contribution in [3.05, 3.63) is 65.7 Å². The van der Waals surface area contributed by atoms with Crippen molar-refractivity contribution in [1.29, 1.82) is 0 Å². The molecule has 0 bridgehead atoms. The van der Waals surface area contributed by atoms with Crippen LogP contribution in [-0.4, -0.2) is 31.1 Å². The summed E-state index contributed by atoms with van der Waals surface area (Å²) >= 11 is 0. The molecule has 1 aliphatic rings. The van der Waals surface area contributed by atoms with Crippen molar-refractivity contribution in [3.63, 3.8) is 0 Å². The molecule has 128 valence electrons. The minimum atomic E-state index is -0.0839. The van der Waals surface area contributed by atoms with Gasteiger partial charge in [0.05, 0.1) is 12.6 Å². The largest absolute Gasteiger partial charge is 0.494 e. The Labute approximate surface area is 145 Å². The van der Waals surface area contributed by atoms with E-state index >= 15 is 0 Å². The Morgan fingerprint density at radius 3 is 2.25 bits per heavy atom. The number of nitrogens with zero attached hydrogens (tertiary/aromatic N) is 1. The van der Waals surface area contributed by atoms with E-state index in [-0.39, 0.29) is 6.04 Å². The zero-order chi connectivity index (χ0) is 16.6. The van der Waals surface area contributed by atoms with Gasteiger partial charge >= 0.3 is 0 Å². The van der Waals surface area contributed by atoms with Crippen molar-refractivity contribution in [2.24, 2.45) is 5.73 Å². The maximum Gasteiger partial charge on any atom is 0.119 e. The number of piperidine rings is 1. The molecule has 0 spiro atoms. The lowest BCUT2D eigenvalue weighted by Gasteiger charge is -2.26. The number of likely N-dealkylation sites (tertiary alicyclic amines) is 1. The molecule has 3 rings (SSSR count). The maximum absolute atomic E-state index is 6.32. The Hall–Kier alpha value is -1.84. The predicted molar refractivity (Wildman–Crippen MR) is 99.3 cm³/mol. The fourth-order valence-corrected chi connectivity index (χ4v) is 3.29. The smallest absolute Gasteiger partial charge is 0.119 e. The van der Waals surface area contributed by atoms with Crippen LogP contribution in [-0.2, 0) is 0 Å². The van der Waals surface area contributed by atoms with Crippen LogP contribution in [0.1, 0.15) is 42.9 Å². The van der Waals surface area contributed by atoms with Crippen LogP contribution < -0.4 is 10.5 Å². The molecule has 3 nitrogen and oxygen atoms in total. The van der Waals surface area contributed by atoms with E-state index in [1.165, 1.54) is 32.4 Å². The molecule has 1 unspecified atom stereocenters. The van der Waals surface area contributed by atoms with Crippen LogP contribution in [0.4, 0.5) is 0 Å². The van der Waals surface area contributed by atoms with Gasteiger partial charge in [0.2, 0.25) is 0 Å². The number of rotatable bonds is 7. The van der Waals surface area contributed by atoms with Gasteiger partial charge in [-0.25, -0.2) is 0 Å². The standard InChI is InChI=1S/C21H28N2O/c22-21(18-8-3-1-4-9-18)19-10-12-20(13-11-19)24-17-7-16-23-14-5-2-6-15-23/h1,3-4,8-13,21H,2,5-7,14-17,22H2. The second kappa shape index (κ2) is 8.86. The summed E-state index contributed by atoms with van der Waals surface area (Å²) in [6.45, 7) is 4.44. The molecule has 0 saturated carbocycles. The molecule has 1 saturated heterocycles. The highest BCUT2D eigenvalue weighted by Crippen LogP contribution is 2.22. The molecule has 0 aromatic heterocycles. The first-order valence-corrected chi connectivity index (χ1v) is 9.08. The van der Waals surface area contributed by atoms with Crippen molar-refractivity contribution in [1.82, 2.24) is 4.90 Å². The quantitative estimate of drug-likeness (QED) is 0.783. The van der Waals surface area contributed by atoms with Crippen molar-refractivity contribution in [2.45, 2.75) is 31.7 Å². The molecule has 1 aliphatic heterocycles. The van der Waals surface area contributed by atoms with Gasteiger partial charge in [-0.05, 0) is 55.6 Å².